The summed E-state index contributed by atoms with van der Waals surface area (Å²) in [5.74, 6) is -3.56. The molecule has 9 aliphatic rings. The van der Waals surface area contributed by atoms with E-state index < -0.39 is 234 Å². The highest BCUT2D eigenvalue weighted by atomic mass is 16.8. The van der Waals surface area contributed by atoms with Crippen LogP contribution in [0.2, 0.25) is 0 Å². The first-order valence-corrected chi connectivity index (χ1v) is 30.9. The summed E-state index contributed by atoms with van der Waals surface area (Å²) in [5.41, 5.74) is 0. The Morgan fingerprint density at radius 2 is 1.07 bits per heavy atom. The first-order chi connectivity index (χ1) is 42.5. The molecule has 0 aromatic carbocycles. The van der Waals surface area contributed by atoms with Gasteiger partial charge in [0.1, 0.15) is 104 Å². The van der Waals surface area contributed by atoms with E-state index in [0.29, 0.717) is 44.9 Å². The Morgan fingerprint density at radius 1 is 0.483 bits per heavy atom. The number of aliphatic hydroxyl groups is 18. The highest BCUT2D eigenvalue weighted by Gasteiger charge is 2.58. The second-order valence-corrected chi connectivity index (χ2v) is 25.3. The van der Waals surface area contributed by atoms with Gasteiger partial charge in [0.15, 0.2) is 43.5 Å². The Hall–Kier alpha value is -2.66. The van der Waals surface area contributed by atoms with Crippen LogP contribution in [0.15, 0.2) is 24.3 Å². The number of aliphatic hydroxyl groups excluding tert-OH is 16. The largest absolute Gasteiger partial charge is 0.460 e. The lowest BCUT2D eigenvalue weighted by atomic mass is 9.72. The van der Waals surface area contributed by atoms with Crippen LogP contribution in [-0.2, 0) is 66.4 Å². The minimum absolute atomic E-state index is 0.00608. The molecule has 5 heterocycles. The number of hydrogen-bond donors (Lipinski definition) is 16. The summed E-state index contributed by atoms with van der Waals surface area (Å²) in [7, 11) is 2.86. The molecule has 4 saturated carbocycles. The topological polar surface area (TPSA) is 481 Å². The first kappa shape index (κ1) is 70.7. The van der Waals surface area contributed by atoms with E-state index in [0.717, 1.165) is 6.08 Å². The summed E-state index contributed by atoms with van der Waals surface area (Å²) in [4.78, 5) is 27.0. The first-order valence-electron chi connectivity index (χ1n) is 30.9. The lowest BCUT2D eigenvalue weighted by Crippen LogP contribution is -2.66. The second-order valence-electron chi connectivity index (χ2n) is 25.3. The van der Waals surface area contributed by atoms with Crippen molar-refractivity contribution in [2.75, 3.05) is 40.6 Å². The van der Waals surface area contributed by atoms with Crippen LogP contribution in [-0.4, -0.2) is 323 Å². The fourth-order valence-corrected chi connectivity index (χ4v) is 14.1. The van der Waals surface area contributed by atoms with Gasteiger partial charge in [0, 0.05) is 45.1 Å². The summed E-state index contributed by atoms with van der Waals surface area (Å²) in [6, 6.07) is 0. The standard InChI is InChI=1S/C58H92O31/c1-77-34-13-24(14-35(78-2)43(34)68)6-12-41(66)88-53-42(67)31(64)21-80-57(53)89-54-49(74)46(71)39(22-79-40(65)11-5-23-3-8-27(9-4-23)81-55-50(75)47(72)44(69)37(19-59)85-55)87-58(54)84-36-18-28-32(82-52(36)25-7-10-29(62)30(63)15-25)16-26(61)17-33(28)83-56-51(76)48(73)45(70)38(20-60)86-56/h5-6,11-12,23-39,42-64,67-76H,3-4,7-10,13-22H2,1-2H3/p+1/t23?,24?,25?,26?,27?,28?,29?,30?,31-,32?,33?,34?,35?,36?,37-,38-,39-,42+,43?,44-,45-,46-,47+,48+,49+,50-,51-,52?,53-,54-,55-,56-,57+,58-/m1/s1. The summed E-state index contributed by atoms with van der Waals surface area (Å²) in [5, 5.41) is 172. The third-order valence-electron chi connectivity index (χ3n) is 19.4. The van der Waals surface area contributed by atoms with Crippen LogP contribution in [0.4, 0.5) is 0 Å². The molecule has 9 rings (SSSR count). The van der Waals surface area contributed by atoms with Crippen molar-refractivity contribution in [3.8, 4) is 0 Å². The predicted octanol–water partition coefficient (Wildman–Crippen LogP) is -6.83. The molecule has 30 atom stereocenters. The van der Waals surface area contributed by atoms with Crippen LogP contribution in [0.5, 0.6) is 0 Å². The molecule has 9 fully saturated rings. The van der Waals surface area contributed by atoms with Crippen molar-refractivity contribution in [1.29, 1.82) is 0 Å². The number of ether oxygens (including phenoxy) is 13. The molecular weight excluding hydrogens is 1190 g/mol. The van der Waals surface area contributed by atoms with E-state index in [2.05, 4.69) is 0 Å². The highest BCUT2D eigenvalue weighted by Crippen LogP contribution is 2.45. The molecule has 0 amide bonds. The van der Waals surface area contributed by atoms with Crippen molar-refractivity contribution in [3.05, 3.63) is 24.3 Å². The number of methoxy groups -OCH3 is 2. The number of esters is 2. The van der Waals surface area contributed by atoms with Crippen LogP contribution in [0, 0.1) is 23.7 Å². The van der Waals surface area contributed by atoms with Crippen molar-refractivity contribution in [1.82, 2.24) is 0 Å². The number of carbonyl (C=O) groups excluding carboxylic acids is 2. The Balaban J connectivity index is 0.941. The number of fused-ring (bicyclic) bond motifs is 1. The molecule has 5 saturated heterocycles. The maximum Gasteiger partial charge on any atom is 0.330 e. The SMILES string of the molecule is COC1CC(C=CC(=O)O[C@H]2[C@H](O[C@H]3[C@H](OC4CC5C(O[C@@H]6O[C@H](CO)[C@@H](O)[C@H](O)[C@H]6O)CC(O)CC5[OH+]C4C4CCC(O)C(O)C4)O[C@H](COC(=O)C=CC4CCC(O[C@@H]5O[C@H](CO)[C@@H](O)[C@H](O)[C@H]5O)CC4)[C@@H](O)[C@@H]3O)OC[C@@H](O)[C@@H]2O)CC(OC)C1O. The normalized spacial score (nSPS) is 49.3. The smallest absolute Gasteiger partial charge is 0.330 e. The highest BCUT2D eigenvalue weighted by molar-refractivity contribution is 5.82. The molecule has 0 aromatic rings. The van der Waals surface area contributed by atoms with Crippen molar-refractivity contribution in [3.63, 3.8) is 0 Å². The Labute approximate surface area is 513 Å². The molecule has 4 aliphatic carbocycles. The van der Waals surface area contributed by atoms with E-state index >= 15 is 0 Å². The lowest BCUT2D eigenvalue weighted by Gasteiger charge is -2.50. The van der Waals surface area contributed by atoms with E-state index in [4.69, 9.17) is 61.6 Å². The number of hydrogen-bond acceptors (Lipinski definition) is 30. The van der Waals surface area contributed by atoms with Crippen molar-refractivity contribution in [2.24, 2.45) is 23.7 Å². The van der Waals surface area contributed by atoms with Crippen LogP contribution in [0.3, 0.4) is 0 Å². The summed E-state index contributed by atoms with van der Waals surface area (Å²) < 4.78 is 76.3. The zero-order chi connectivity index (χ0) is 64.1. The Morgan fingerprint density at radius 3 is 1.69 bits per heavy atom. The van der Waals surface area contributed by atoms with E-state index in [1.54, 1.807) is 6.08 Å². The van der Waals surface area contributed by atoms with Crippen LogP contribution in [0.25, 0.3) is 0 Å². The molecular formula is C58H93O31+. The van der Waals surface area contributed by atoms with Gasteiger partial charge in [-0.25, -0.2) is 9.59 Å². The minimum Gasteiger partial charge on any atom is -0.460 e. The maximum atomic E-state index is 13.6. The molecule has 0 aromatic heterocycles. The average Bonchev–Trinajstić information content (AvgIpc) is 1.14. The van der Waals surface area contributed by atoms with Gasteiger partial charge in [0.05, 0.1) is 68.5 Å². The van der Waals surface area contributed by atoms with Crippen LogP contribution >= 0.6 is 0 Å². The molecule has 31 nitrogen and oxygen atoms in total. The van der Waals surface area contributed by atoms with E-state index in [1.165, 1.54) is 26.4 Å². The minimum atomic E-state index is -2.02. The van der Waals surface area contributed by atoms with Gasteiger partial charge in [-0.3, -0.25) is 0 Å². The molecule has 0 bridgehead atoms. The van der Waals surface area contributed by atoms with Gasteiger partial charge in [0.25, 0.3) is 0 Å². The molecule has 17 N–H and O–H groups in total. The van der Waals surface area contributed by atoms with Gasteiger partial charge < -0.3 is 143 Å². The molecule has 31 heteroatoms. The lowest BCUT2D eigenvalue weighted by molar-refractivity contribution is -0.385. The Kier molecular flexibility index (Phi) is 25.2. The number of carbonyl (C=O) groups is 2. The molecule has 0 radical (unpaired) electrons. The molecule has 510 valence electrons. The summed E-state index contributed by atoms with van der Waals surface area (Å²) in [6.45, 7) is -2.64. The molecule has 5 aliphatic heterocycles. The molecule has 0 spiro atoms. The van der Waals surface area contributed by atoms with Crippen molar-refractivity contribution in [2.45, 2.75) is 261 Å². The van der Waals surface area contributed by atoms with Crippen molar-refractivity contribution < 1.29 is 153 Å². The van der Waals surface area contributed by atoms with E-state index in [9.17, 15) is 91.3 Å². The quantitative estimate of drug-likeness (QED) is 0.0306. The van der Waals surface area contributed by atoms with Gasteiger partial charge in [0.2, 0.25) is 0 Å². The fourth-order valence-electron chi connectivity index (χ4n) is 14.1. The summed E-state index contributed by atoms with van der Waals surface area (Å²) in [6.07, 6.45) is -32.7. The summed E-state index contributed by atoms with van der Waals surface area (Å²) >= 11 is 0. The third kappa shape index (κ3) is 16.7. The monoisotopic (exact) mass is 1290 g/mol. The Bertz CT molecular complexity index is 2260. The van der Waals surface area contributed by atoms with Gasteiger partial charge >= 0.3 is 11.9 Å². The molecule has 11 unspecified atom stereocenters. The van der Waals surface area contributed by atoms with Crippen molar-refractivity contribution >= 4 is 11.9 Å². The predicted molar refractivity (Wildman–Crippen MR) is 293 cm³/mol. The van der Waals surface area contributed by atoms with E-state index in [1.807, 2.05) is 0 Å². The number of rotatable bonds is 20. The zero-order valence-electron chi connectivity index (χ0n) is 49.6. The van der Waals surface area contributed by atoms with Gasteiger partial charge in [-0.2, -0.15) is 0 Å². The fraction of sp³-hybridized carbons (Fsp3) is 0.897. The number of allylic oxidation sites excluding steroid dienone is 2. The van der Waals surface area contributed by atoms with E-state index in [-0.39, 0.29) is 43.9 Å². The second kappa shape index (κ2) is 31.7. The van der Waals surface area contributed by atoms with Gasteiger partial charge in [-0.1, -0.05) is 12.2 Å². The van der Waals surface area contributed by atoms with Gasteiger partial charge in [-0.15, -0.1) is 0 Å². The zero-order valence-corrected chi connectivity index (χ0v) is 49.6. The van der Waals surface area contributed by atoms with Crippen LogP contribution in [0.1, 0.15) is 77.0 Å². The van der Waals surface area contributed by atoms with Gasteiger partial charge in [-0.05, 0) is 76.0 Å². The molecule has 89 heavy (non-hydrogen) atoms. The van der Waals surface area contributed by atoms with Crippen LogP contribution < -0.4 is 0 Å². The maximum absolute atomic E-state index is 13.6. The third-order valence-corrected chi connectivity index (χ3v) is 19.4. The average molecular weight is 1290 g/mol.